The largest absolute Gasteiger partial charge is 0.472 e. The lowest BCUT2D eigenvalue weighted by Gasteiger charge is -2.24. The maximum atomic E-state index is 12.9. The van der Waals surface area contributed by atoms with Gasteiger partial charge in [0.15, 0.2) is 6.10 Å². The van der Waals surface area contributed by atoms with E-state index in [2.05, 4.69) is 86.8 Å². The minimum Gasteiger partial charge on any atom is -0.462 e. The molecule has 0 spiro atoms. The fourth-order valence-electron chi connectivity index (χ4n) is 12.4. The molecule has 0 saturated carbocycles. The minimum absolute atomic E-state index is 0.0329. The van der Waals surface area contributed by atoms with Crippen LogP contribution in [0, 0.1) is 0 Å². The fraction of sp³-hybridized carbons (Fsp3) is 0.837. The van der Waals surface area contributed by atoms with Gasteiger partial charge in [-0.05, 0) is 83.5 Å². The molecule has 0 fully saturated rings. The second-order valence-corrected chi connectivity index (χ2v) is 30.9. The average Bonchev–Trinajstić information content (AvgIpc) is 1.48. The van der Waals surface area contributed by atoms with Gasteiger partial charge in [-0.3, -0.25) is 18.6 Å². The highest BCUT2D eigenvalue weighted by atomic mass is 31.2. The summed E-state index contributed by atoms with van der Waals surface area (Å²) in [6.07, 6.45) is 105. The number of unbranched alkanes of at least 4 members (excludes halogenated alkanes) is 52. The molecule has 0 bridgehead atoms. The standard InChI is InChI=1S/C86H160NO8P/c1-6-8-10-12-14-16-18-20-22-24-26-28-30-32-34-36-38-40-41-42-43-44-45-47-48-50-52-54-56-58-60-62-64-66-68-70-72-74-76-78-85(88)92-82-84(83-94-96(90,91)93-81-80-87(3,4)5)95-86(89)79-77-75-73-71-69-67-65-63-61-59-57-55-53-51-49-46-39-37-35-33-31-29-27-25-23-21-19-17-15-13-11-9-7-2/h9,11,15,17,21,23-24,26-27,29,33,35,84H,6-8,10,12-14,16,18-20,22,25,28,30-32,34,36-83H2,1-5H3/p+1/b11-9-,17-15-,23-21-,26-24-,29-27-,35-33-. The summed E-state index contributed by atoms with van der Waals surface area (Å²) < 4.78 is 34.9. The molecule has 0 amide bonds. The number of phosphoric ester groups is 1. The second-order valence-electron chi connectivity index (χ2n) is 29.5. The first-order valence-corrected chi connectivity index (χ1v) is 43.2. The Hall–Kier alpha value is -2.55. The fourth-order valence-corrected chi connectivity index (χ4v) is 13.1. The van der Waals surface area contributed by atoms with Crippen molar-refractivity contribution < 1.29 is 42.1 Å². The number of ether oxygens (including phenoxy) is 2. The van der Waals surface area contributed by atoms with Gasteiger partial charge in [-0.15, -0.1) is 0 Å². The van der Waals surface area contributed by atoms with Gasteiger partial charge in [0.25, 0.3) is 0 Å². The smallest absolute Gasteiger partial charge is 0.462 e. The van der Waals surface area contributed by atoms with Crippen LogP contribution in [0.3, 0.4) is 0 Å². The van der Waals surface area contributed by atoms with E-state index >= 15 is 0 Å². The summed E-state index contributed by atoms with van der Waals surface area (Å²) in [6.45, 7) is 4.39. The molecule has 2 unspecified atom stereocenters. The van der Waals surface area contributed by atoms with Crippen molar-refractivity contribution in [2.45, 2.75) is 418 Å². The van der Waals surface area contributed by atoms with Crippen molar-refractivity contribution in [3.8, 4) is 0 Å². The van der Waals surface area contributed by atoms with Gasteiger partial charge in [-0.2, -0.15) is 0 Å². The lowest BCUT2D eigenvalue weighted by Crippen LogP contribution is -2.37. The van der Waals surface area contributed by atoms with E-state index in [4.69, 9.17) is 18.5 Å². The molecule has 0 heterocycles. The molecule has 9 nitrogen and oxygen atoms in total. The van der Waals surface area contributed by atoms with Gasteiger partial charge in [-0.1, -0.05) is 389 Å². The van der Waals surface area contributed by atoms with E-state index < -0.39 is 26.5 Å². The van der Waals surface area contributed by atoms with Gasteiger partial charge in [-0.25, -0.2) is 4.57 Å². The molecular weight excluding hydrogens is 1210 g/mol. The van der Waals surface area contributed by atoms with E-state index in [9.17, 15) is 19.0 Å². The Kier molecular flexibility index (Phi) is 74.6. The lowest BCUT2D eigenvalue weighted by molar-refractivity contribution is -0.870. The zero-order valence-corrected chi connectivity index (χ0v) is 65.3. The maximum absolute atomic E-state index is 12.9. The van der Waals surface area contributed by atoms with Crippen molar-refractivity contribution in [1.82, 2.24) is 0 Å². The maximum Gasteiger partial charge on any atom is 0.472 e. The van der Waals surface area contributed by atoms with Crippen LogP contribution in [0.2, 0.25) is 0 Å². The molecule has 562 valence electrons. The Balaban J connectivity index is 3.89. The number of rotatable bonds is 78. The van der Waals surface area contributed by atoms with Gasteiger partial charge in [0.05, 0.1) is 27.7 Å². The summed E-state index contributed by atoms with van der Waals surface area (Å²) in [5.74, 6) is -0.776. The molecule has 0 aliphatic rings. The molecule has 2 atom stereocenters. The average molecular weight is 1370 g/mol. The van der Waals surface area contributed by atoms with Crippen molar-refractivity contribution in [2.24, 2.45) is 0 Å². The summed E-state index contributed by atoms with van der Waals surface area (Å²) in [7, 11) is 1.50. The highest BCUT2D eigenvalue weighted by molar-refractivity contribution is 7.47. The normalized spacial score (nSPS) is 13.4. The van der Waals surface area contributed by atoms with Gasteiger partial charge in [0.2, 0.25) is 0 Å². The first-order chi connectivity index (χ1) is 47.0. The van der Waals surface area contributed by atoms with Crippen LogP contribution >= 0.6 is 7.82 Å². The van der Waals surface area contributed by atoms with Crippen LogP contribution in [0.25, 0.3) is 0 Å². The molecule has 96 heavy (non-hydrogen) atoms. The Morgan fingerprint density at radius 2 is 0.594 bits per heavy atom. The predicted octanol–water partition coefficient (Wildman–Crippen LogP) is 27.8. The number of esters is 2. The number of nitrogens with zero attached hydrogens (tertiary/aromatic N) is 1. The van der Waals surface area contributed by atoms with E-state index in [-0.39, 0.29) is 25.6 Å². The van der Waals surface area contributed by atoms with E-state index in [1.54, 1.807) is 0 Å². The highest BCUT2D eigenvalue weighted by Gasteiger charge is 2.27. The van der Waals surface area contributed by atoms with Crippen molar-refractivity contribution in [3.63, 3.8) is 0 Å². The van der Waals surface area contributed by atoms with Crippen LogP contribution in [0.1, 0.15) is 412 Å². The van der Waals surface area contributed by atoms with Gasteiger partial charge < -0.3 is 18.9 Å². The van der Waals surface area contributed by atoms with Crippen molar-refractivity contribution in [1.29, 1.82) is 0 Å². The summed E-state index contributed by atoms with van der Waals surface area (Å²) in [4.78, 5) is 36.0. The third-order valence-electron chi connectivity index (χ3n) is 18.7. The molecule has 1 N–H and O–H groups in total. The molecule has 0 saturated heterocycles. The quantitative estimate of drug-likeness (QED) is 0.0211. The SMILES string of the molecule is CC/C=C\C/C=C\C/C=C\C/C=C\C/C=C\CCCCCCCCCCCCCCCCCCCC(=O)OC(COC(=O)CCCCCCCCCCCCCCCCCCCCCCCCCCCCC/C=C\CCCCCCCCCC)COP(=O)(O)OCC[N+](C)(C)C. The van der Waals surface area contributed by atoms with Crippen molar-refractivity contribution in [2.75, 3.05) is 47.5 Å². The van der Waals surface area contributed by atoms with E-state index in [1.807, 2.05) is 21.1 Å². The molecule has 0 rings (SSSR count). The Morgan fingerprint density at radius 1 is 0.333 bits per heavy atom. The zero-order chi connectivity index (χ0) is 69.7. The molecule has 10 heteroatoms. The van der Waals surface area contributed by atoms with Crippen LogP contribution in [0.5, 0.6) is 0 Å². The lowest BCUT2D eigenvalue weighted by atomic mass is 10.0. The van der Waals surface area contributed by atoms with Gasteiger partial charge in [0, 0.05) is 12.8 Å². The topological polar surface area (TPSA) is 108 Å². The second kappa shape index (κ2) is 76.6. The number of allylic oxidation sites excluding steroid dienone is 12. The Morgan fingerprint density at radius 3 is 0.896 bits per heavy atom. The van der Waals surface area contributed by atoms with Gasteiger partial charge >= 0.3 is 19.8 Å². The number of likely N-dealkylation sites (N-methyl/N-ethyl adjacent to an activating group) is 1. The molecular formula is C86H161NO8P+. The van der Waals surface area contributed by atoms with Crippen LogP contribution in [0.4, 0.5) is 0 Å². The molecule has 0 aromatic rings. The summed E-state index contributed by atoms with van der Waals surface area (Å²) >= 11 is 0. The molecule has 0 aromatic heterocycles. The minimum atomic E-state index is -4.40. The number of hydrogen-bond acceptors (Lipinski definition) is 7. The number of phosphoric acid groups is 1. The number of hydrogen-bond donors (Lipinski definition) is 1. The Labute approximate surface area is 597 Å². The monoisotopic (exact) mass is 1370 g/mol. The number of carbonyl (C=O) groups excluding carboxylic acids is 2. The summed E-state index contributed by atoms with van der Waals surface area (Å²) in [5.41, 5.74) is 0. The van der Waals surface area contributed by atoms with Crippen LogP contribution in [0.15, 0.2) is 72.9 Å². The third kappa shape index (κ3) is 80.4. The molecule has 0 aromatic carbocycles. The number of quaternary nitrogens is 1. The summed E-state index contributed by atoms with van der Waals surface area (Å²) in [6, 6.07) is 0. The first-order valence-electron chi connectivity index (χ1n) is 41.7. The predicted molar refractivity (Wildman–Crippen MR) is 418 cm³/mol. The molecule has 0 radical (unpaired) electrons. The van der Waals surface area contributed by atoms with Gasteiger partial charge in [0.1, 0.15) is 19.8 Å². The Bertz CT molecular complexity index is 1850. The van der Waals surface area contributed by atoms with Crippen LogP contribution in [-0.4, -0.2) is 74.9 Å². The number of carbonyl (C=O) groups is 2. The van der Waals surface area contributed by atoms with Crippen molar-refractivity contribution >= 4 is 19.8 Å². The summed E-state index contributed by atoms with van der Waals surface area (Å²) in [5, 5.41) is 0. The van der Waals surface area contributed by atoms with Crippen molar-refractivity contribution in [3.05, 3.63) is 72.9 Å². The molecule has 0 aliphatic heterocycles. The molecule has 0 aliphatic carbocycles. The van der Waals surface area contributed by atoms with Crippen LogP contribution < -0.4 is 0 Å². The third-order valence-corrected chi connectivity index (χ3v) is 19.7. The van der Waals surface area contributed by atoms with Crippen LogP contribution in [-0.2, 0) is 32.7 Å². The highest BCUT2D eigenvalue weighted by Crippen LogP contribution is 2.43. The van der Waals surface area contributed by atoms with E-state index in [0.29, 0.717) is 23.9 Å². The van der Waals surface area contributed by atoms with E-state index in [0.717, 1.165) is 64.2 Å². The first kappa shape index (κ1) is 93.5. The zero-order valence-electron chi connectivity index (χ0n) is 64.4. The van der Waals surface area contributed by atoms with E-state index in [1.165, 1.54) is 315 Å².